The number of aromatic nitrogens is 4. The van der Waals surface area contributed by atoms with Crippen LogP contribution in [0, 0.1) is 5.92 Å². The van der Waals surface area contributed by atoms with E-state index in [1.54, 1.807) is 7.05 Å². The monoisotopic (exact) mass is 501 g/mol. The molecule has 0 radical (unpaired) electrons. The van der Waals surface area contributed by atoms with Gasteiger partial charge in [-0.05, 0) is 0 Å². The first-order chi connectivity index (χ1) is 14.3. The molecule has 0 bridgehead atoms. The van der Waals surface area contributed by atoms with Crippen LogP contribution in [0.3, 0.4) is 0 Å². The highest BCUT2D eigenvalue weighted by atomic mass is 32.5. The molecule has 1 aliphatic rings. The lowest BCUT2D eigenvalue weighted by molar-refractivity contribution is -0.646. The van der Waals surface area contributed by atoms with Crippen molar-refractivity contribution in [3.8, 4) is 0 Å². The number of hydrogen-bond donors (Lipinski definition) is 5. The third-order valence-electron chi connectivity index (χ3n) is 4.55. The van der Waals surface area contributed by atoms with Crippen LogP contribution in [0.5, 0.6) is 0 Å². The molecule has 18 heteroatoms. The van der Waals surface area contributed by atoms with Crippen LogP contribution in [0.2, 0.25) is 0 Å². The van der Waals surface area contributed by atoms with Crippen LogP contribution in [-0.4, -0.2) is 62.0 Å². The van der Waals surface area contributed by atoms with Gasteiger partial charge in [-0.25, -0.2) is 13.4 Å². The molecule has 15 nitrogen and oxygen atoms in total. The molecule has 3 rings (SSSR count). The average Bonchev–Trinajstić information content (AvgIpc) is 3.09. The number of hydrogen-bond acceptors (Lipinski definition) is 11. The number of rotatable bonds is 8. The number of aliphatic hydroxyl groups is 1. The Kier molecular flexibility index (Phi) is 7.01. The number of phosphoric ester groups is 1. The first-order valence-electron chi connectivity index (χ1n) is 8.64. The van der Waals surface area contributed by atoms with E-state index in [9.17, 15) is 24.3 Å². The molecule has 1 aliphatic heterocycles. The highest BCUT2D eigenvalue weighted by Gasteiger charge is 2.49. The number of nitrogens with one attached hydrogen (secondary N) is 1. The van der Waals surface area contributed by atoms with Gasteiger partial charge in [-0.2, -0.15) is 9.55 Å². The van der Waals surface area contributed by atoms with E-state index in [1.807, 2.05) is 0 Å². The SMILES string of the molecule is COC[C@H]1[C@@H](O)[C@H](n2c[n+](C)c3c(=O)[nH]c(N)nc32)O[C@@H]1COP(=O)(O)OP([O-])(O)=S. The highest BCUT2D eigenvalue weighted by Crippen LogP contribution is 2.56. The number of phosphoric acid groups is 1. The topological polar surface area (TPSA) is 218 Å². The van der Waals surface area contributed by atoms with Crippen molar-refractivity contribution in [3.05, 3.63) is 16.7 Å². The zero-order chi connectivity index (χ0) is 23.1. The van der Waals surface area contributed by atoms with Gasteiger partial charge in [0.1, 0.15) is 12.8 Å². The summed E-state index contributed by atoms with van der Waals surface area (Å²) in [4.78, 5) is 48.3. The van der Waals surface area contributed by atoms with Crippen molar-refractivity contribution in [3.63, 3.8) is 0 Å². The molecule has 31 heavy (non-hydrogen) atoms. The summed E-state index contributed by atoms with van der Waals surface area (Å²) in [5, 5.41) is 10.8. The fourth-order valence-corrected chi connectivity index (χ4v) is 5.69. The Balaban J connectivity index is 1.89. The Hall–Kier alpha value is -1.29. The summed E-state index contributed by atoms with van der Waals surface area (Å²) in [7, 11) is -2.01. The molecule has 0 saturated carbocycles. The minimum Gasteiger partial charge on any atom is -0.779 e. The lowest BCUT2D eigenvalue weighted by Crippen LogP contribution is -2.32. The largest absolute Gasteiger partial charge is 0.779 e. The molecule has 174 valence electrons. The van der Waals surface area contributed by atoms with Gasteiger partial charge < -0.3 is 35.0 Å². The van der Waals surface area contributed by atoms with Crippen LogP contribution in [0.4, 0.5) is 5.95 Å². The number of imidazole rings is 1. The van der Waals surface area contributed by atoms with Crippen molar-refractivity contribution in [2.24, 2.45) is 13.0 Å². The van der Waals surface area contributed by atoms with Gasteiger partial charge in [0.2, 0.25) is 18.5 Å². The van der Waals surface area contributed by atoms with Crippen molar-refractivity contribution in [2.75, 3.05) is 26.1 Å². The van der Waals surface area contributed by atoms with Crippen molar-refractivity contribution in [1.29, 1.82) is 0 Å². The molecular formula is C13H21N5O10P2S. The normalized spacial score (nSPS) is 27.9. The zero-order valence-electron chi connectivity index (χ0n) is 16.2. The average molecular weight is 501 g/mol. The number of nitrogens with zero attached hydrogens (tertiary/aromatic N) is 3. The van der Waals surface area contributed by atoms with E-state index in [0.29, 0.717) is 0 Å². The van der Waals surface area contributed by atoms with E-state index >= 15 is 0 Å². The van der Waals surface area contributed by atoms with E-state index in [2.05, 4.69) is 26.1 Å². The molecule has 3 heterocycles. The quantitative estimate of drug-likeness (QED) is 0.185. The maximum atomic E-state index is 12.2. The second-order valence-electron chi connectivity index (χ2n) is 6.75. The van der Waals surface area contributed by atoms with E-state index in [4.69, 9.17) is 24.6 Å². The van der Waals surface area contributed by atoms with Gasteiger partial charge in [-0.15, -0.1) is 0 Å². The Morgan fingerprint density at radius 3 is 2.77 bits per heavy atom. The molecule has 0 aromatic carbocycles. The van der Waals surface area contributed by atoms with Gasteiger partial charge in [0.05, 0.1) is 26.4 Å². The summed E-state index contributed by atoms with van der Waals surface area (Å²) >= 11 is 4.05. The predicted octanol–water partition coefficient (Wildman–Crippen LogP) is -2.64. The molecule has 1 fully saturated rings. The number of aliphatic hydroxyl groups excluding tert-OH is 1. The van der Waals surface area contributed by atoms with Crippen molar-refractivity contribution in [1.82, 2.24) is 14.5 Å². The summed E-state index contributed by atoms with van der Waals surface area (Å²) in [5.41, 5.74) is 5.43. The van der Waals surface area contributed by atoms with Gasteiger partial charge >= 0.3 is 13.4 Å². The molecule has 0 aliphatic carbocycles. The van der Waals surface area contributed by atoms with Gasteiger partial charge in [-0.3, -0.25) is 14.3 Å². The van der Waals surface area contributed by atoms with Crippen LogP contribution < -0.4 is 20.8 Å². The Morgan fingerprint density at radius 2 is 2.16 bits per heavy atom. The molecule has 2 aromatic heterocycles. The van der Waals surface area contributed by atoms with Crippen molar-refractivity contribution >= 4 is 43.5 Å². The second kappa shape index (κ2) is 8.92. The summed E-state index contributed by atoms with van der Waals surface area (Å²) in [6.45, 7) is -5.34. The second-order valence-corrected chi connectivity index (χ2v) is 10.9. The minimum atomic E-state index is -4.98. The van der Waals surface area contributed by atoms with Crippen molar-refractivity contribution < 1.29 is 47.2 Å². The van der Waals surface area contributed by atoms with E-state index < -0.39 is 51.1 Å². The lowest BCUT2D eigenvalue weighted by atomic mass is 9.99. The fraction of sp³-hybridized carbons (Fsp3) is 0.615. The standard InChI is InChI=1S/C13H21N5O10P2S/c1-17-5-18(10-8(17)11(20)16-13(14)15-10)12-9(19)6(3-25-2)7(27-12)4-26-29(21,22)28-30(23,24)31/h5-7,9,12,19H,3-4H2,1-2H3,(H5-,14,15,16,20,21,22,23,24,31)/t6-,7-,9-,12-/m1/s1. The number of nitrogens with two attached hydrogens (primary N) is 1. The number of nitrogen functional groups attached to an aromatic ring is 1. The van der Waals surface area contributed by atoms with E-state index in [1.165, 1.54) is 22.6 Å². The first-order valence-corrected chi connectivity index (χ1v) is 12.7. The number of aryl methyl sites for hydroxylation is 1. The summed E-state index contributed by atoms with van der Waals surface area (Å²) in [5.74, 6) is -0.893. The minimum absolute atomic E-state index is 0.0245. The predicted molar refractivity (Wildman–Crippen MR) is 105 cm³/mol. The molecule has 0 amide bonds. The van der Waals surface area contributed by atoms with Crippen molar-refractivity contribution in [2.45, 2.75) is 18.4 Å². The third-order valence-corrected chi connectivity index (χ3v) is 7.28. The Labute approximate surface area is 179 Å². The maximum absolute atomic E-state index is 12.2. The Morgan fingerprint density at radius 1 is 1.48 bits per heavy atom. The molecule has 6 atom stereocenters. The van der Waals surface area contributed by atoms with Gasteiger partial charge in [0.25, 0.3) is 11.2 Å². The smallest absolute Gasteiger partial charge is 0.477 e. The van der Waals surface area contributed by atoms with E-state index in [-0.39, 0.29) is 23.7 Å². The lowest BCUT2D eigenvalue weighted by Gasteiger charge is -2.24. The van der Waals surface area contributed by atoms with Gasteiger partial charge in [0.15, 0.2) is 0 Å². The molecule has 1 saturated heterocycles. The number of aromatic amines is 1. The van der Waals surface area contributed by atoms with Gasteiger partial charge in [0, 0.05) is 13.0 Å². The van der Waals surface area contributed by atoms with Crippen LogP contribution in [-0.2, 0) is 41.7 Å². The molecular weight excluding hydrogens is 480 g/mol. The number of fused-ring (bicyclic) bond motifs is 1. The molecule has 2 aromatic rings. The van der Waals surface area contributed by atoms with Crippen LogP contribution in [0.1, 0.15) is 6.23 Å². The fourth-order valence-electron chi connectivity index (χ4n) is 3.36. The number of anilines is 1. The summed E-state index contributed by atoms with van der Waals surface area (Å²) in [6, 6.07) is 0. The third kappa shape index (κ3) is 5.38. The van der Waals surface area contributed by atoms with Crippen LogP contribution >= 0.6 is 14.5 Å². The highest BCUT2D eigenvalue weighted by molar-refractivity contribution is 8.07. The van der Waals surface area contributed by atoms with E-state index in [0.717, 1.165) is 0 Å². The zero-order valence-corrected chi connectivity index (χ0v) is 18.8. The molecule has 2 unspecified atom stereocenters. The van der Waals surface area contributed by atoms with Crippen LogP contribution in [0.25, 0.3) is 11.2 Å². The number of methoxy groups -OCH3 is 1. The Bertz CT molecular complexity index is 1120. The van der Waals surface area contributed by atoms with Crippen LogP contribution in [0.15, 0.2) is 11.1 Å². The molecule has 0 spiro atoms. The summed E-state index contributed by atoms with van der Waals surface area (Å²) < 4.78 is 34.3. The van der Waals surface area contributed by atoms with Gasteiger partial charge in [-0.1, -0.05) is 11.8 Å². The first kappa shape index (κ1) is 24.4. The maximum Gasteiger partial charge on any atom is 0.477 e. The molecule has 6 N–H and O–H groups in total. The number of H-pyrrole nitrogens is 1. The number of ether oxygens (including phenoxy) is 2. The summed E-state index contributed by atoms with van der Waals surface area (Å²) in [6.07, 6.45) is -1.84.